The minimum absolute atomic E-state index is 0.0189. The predicted octanol–water partition coefficient (Wildman–Crippen LogP) is 2.07. The first-order valence-electron chi connectivity index (χ1n) is 9.41. The molecule has 7 nitrogen and oxygen atoms in total. The van der Waals surface area contributed by atoms with E-state index >= 15 is 0 Å². The second kappa shape index (κ2) is 6.97. The number of amides is 2. The standard InChI is InChI=1S/C19H25N5O2/c1-22-10-5-8-16(22)15-12-18-23(19(26)9-11-24(18)21-15)13-17(25)20-14-6-3-2-4-7-14/h5,8,10,12,14H,2-4,6-7,9,11,13H2,1H3,(H,20,25). The zero-order valence-electron chi connectivity index (χ0n) is 15.1. The summed E-state index contributed by atoms with van der Waals surface area (Å²) in [6.45, 7) is 0.618. The van der Waals surface area contributed by atoms with Crippen molar-refractivity contribution in [3.63, 3.8) is 0 Å². The van der Waals surface area contributed by atoms with Crippen molar-refractivity contribution in [1.82, 2.24) is 19.7 Å². The lowest BCUT2D eigenvalue weighted by Crippen LogP contribution is -2.47. The van der Waals surface area contributed by atoms with Crippen LogP contribution < -0.4 is 10.2 Å². The Bertz CT molecular complexity index is 816. The summed E-state index contributed by atoms with van der Waals surface area (Å²) in [4.78, 5) is 26.5. The number of hydrogen-bond acceptors (Lipinski definition) is 3. The summed E-state index contributed by atoms with van der Waals surface area (Å²) in [5.74, 6) is 0.603. The molecule has 138 valence electrons. The number of nitrogens with one attached hydrogen (secondary N) is 1. The van der Waals surface area contributed by atoms with Crippen molar-refractivity contribution >= 4 is 17.6 Å². The highest BCUT2D eigenvalue weighted by molar-refractivity contribution is 5.99. The van der Waals surface area contributed by atoms with Crippen LogP contribution in [0.1, 0.15) is 38.5 Å². The lowest BCUT2D eigenvalue weighted by Gasteiger charge is -2.28. The highest BCUT2D eigenvalue weighted by Crippen LogP contribution is 2.28. The van der Waals surface area contributed by atoms with Crippen LogP contribution in [0.5, 0.6) is 0 Å². The Kier molecular flexibility index (Phi) is 4.53. The number of hydrogen-bond donors (Lipinski definition) is 1. The fourth-order valence-corrected chi connectivity index (χ4v) is 3.94. The molecule has 1 fully saturated rings. The van der Waals surface area contributed by atoms with Crippen molar-refractivity contribution in [3.8, 4) is 11.4 Å². The number of nitrogens with zero attached hydrogens (tertiary/aromatic N) is 4. The summed E-state index contributed by atoms with van der Waals surface area (Å²) < 4.78 is 3.83. The van der Waals surface area contributed by atoms with Gasteiger partial charge in [-0.15, -0.1) is 0 Å². The maximum Gasteiger partial charge on any atom is 0.240 e. The number of aryl methyl sites for hydroxylation is 2. The molecule has 4 rings (SSSR count). The van der Waals surface area contributed by atoms with E-state index < -0.39 is 0 Å². The Labute approximate surface area is 153 Å². The molecule has 2 aromatic heterocycles. The molecule has 1 saturated carbocycles. The molecule has 0 atom stereocenters. The molecule has 0 unspecified atom stereocenters. The highest BCUT2D eigenvalue weighted by atomic mass is 16.2. The fraction of sp³-hybridized carbons (Fsp3) is 0.526. The SMILES string of the molecule is Cn1cccc1-c1cc2n(n1)CCC(=O)N2CC(=O)NC1CCCCC1. The molecule has 7 heteroatoms. The van der Waals surface area contributed by atoms with E-state index in [9.17, 15) is 9.59 Å². The average molecular weight is 355 g/mol. The van der Waals surface area contributed by atoms with Crippen LogP contribution in [-0.4, -0.2) is 38.7 Å². The summed E-state index contributed by atoms with van der Waals surface area (Å²) >= 11 is 0. The van der Waals surface area contributed by atoms with E-state index in [0.29, 0.717) is 18.8 Å². The van der Waals surface area contributed by atoms with Crippen LogP contribution in [0.25, 0.3) is 11.4 Å². The molecule has 1 aliphatic heterocycles. The molecule has 0 radical (unpaired) electrons. The van der Waals surface area contributed by atoms with Gasteiger partial charge >= 0.3 is 0 Å². The molecule has 2 aromatic rings. The largest absolute Gasteiger partial charge is 0.352 e. The van der Waals surface area contributed by atoms with Gasteiger partial charge in [0.2, 0.25) is 11.8 Å². The van der Waals surface area contributed by atoms with Crippen molar-refractivity contribution in [1.29, 1.82) is 0 Å². The Hall–Kier alpha value is -2.57. The smallest absolute Gasteiger partial charge is 0.240 e. The van der Waals surface area contributed by atoms with Gasteiger partial charge in [-0.25, -0.2) is 4.68 Å². The summed E-state index contributed by atoms with van der Waals surface area (Å²) in [5.41, 5.74) is 1.81. The normalized spacial score (nSPS) is 18.0. The lowest BCUT2D eigenvalue weighted by atomic mass is 9.95. The first kappa shape index (κ1) is 16.9. The maximum absolute atomic E-state index is 12.5. The van der Waals surface area contributed by atoms with Gasteiger partial charge in [-0.3, -0.25) is 14.5 Å². The number of aromatic nitrogens is 3. The highest BCUT2D eigenvalue weighted by Gasteiger charge is 2.29. The van der Waals surface area contributed by atoms with E-state index in [1.165, 1.54) is 19.3 Å². The van der Waals surface area contributed by atoms with Crippen LogP contribution in [0, 0.1) is 0 Å². The minimum atomic E-state index is -0.0830. The van der Waals surface area contributed by atoms with Crippen molar-refractivity contribution in [2.75, 3.05) is 11.4 Å². The quantitative estimate of drug-likeness (QED) is 0.913. The third-order valence-electron chi connectivity index (χ3n) is 5.35. The molecule has 2 amide bonds. The number of carbonyl (C=O) groups is 2. The van der Waals surface area contributed by atoms with Gasteiger partial charge in [0.1, 0.15) is 18.1 Å². The van der Waals surface area contributed by atoms with Gasteiger partial charge < -0.3 is 9.88 Å². The summed E-state index contributed by atoms with van der Waals surface area (Å²) in [7, 11) is 1.97. The Morgan fingerprint density at radius 2 is 2.12 bits per heavy atom. The molecule has 0 aromatic carbocycles. The Morgan fingerprint density at radius 1 is 1.31 bits per heavy atom. The van der Waals surface area contributed by atoms with E-state index in [-0.39, 0.29) is 24.4 Å². The zero-order valence-corrected chi connectivity index (χ0v) is 15.1. The second-order valence-corrected chi connectivity index (χ2v) is 7.25. The number of anilines is 1. The van der Waals surface area contributed by atoms with Gasteiger partial charge in [0.15, 0.2) is 0 Å². The lowest BCUT2D eigenvalue weighted by molar-refractivity contribution is -0.125. The van der Waals surface area contributed by atoms with Crippen LogP contribution in [0.3, 0.4) is 0 Å². The number of rotatable bonds is 4. The Balaban J connectivity index is 1.52. The van der Waals surface area contributed by atoms with Gasteiger partial charge in [0, 0.05) is 31.8 Å². The van der Waals surface area contributed by atoms with Crippen molar-refractivity contribution in [2.24, 2.45) is 7.05 Å². The average Bonchev–Trinajstić information content (AvgIpc) is 3.24. The number of fused-ring (bicyclic) bond motifs is 1. The monoisotopic (exact) mass is 355 g/mol. The van der Waals surface area contributed by atoms with Crippen LogP contribution in [0.15, 0.2) is 24.4 Å². The third-order valence-corrected chi connectivity index (χ3v) is 5.35. The maximum atomic E-state index is 12.5. The Morgan fingerprint density at radius 3 is 2.85 bits per heavy atom. The molecule has 0 saturated heterocycles. The van der Waals surface area contributed by atoms with E-state index in [1.54, 1.807) is 4.90 Å². The summed E-state index contributed by atoms with van der Waals surface area (Å²) in [5, 5.41) is 7.73. The molecular weight excluding hydrogens is 330 g/mol. The van der Waals surface area contributed by atoms with Crippen molar-refractivity contribution in [2.45, 2.75) is 51.1 Å². The molecule has 26 heavy (non-hydrogen) atoms. The zero-order chi connectivity index (χ0) is 18.1. The van der Waals surface area contributed by atoms with E-state index in [0.717, 1.165) is 24.2 Å². The summed E-state index contributed by atoms with van der Waals surface area (Å²) in [6.07, 6.45) is 8.00. The van der Waals surface area contributed by atoms with Gasteiger partial charge in [-0.1, -0.05) is 19.3 Å². The van der Waals surface area contributed by atoms with Crippen LogP contribution in [0.4, 0.5) is 5.82 Å². The number of carbonyl (C=O) groups excluding carboxylic acids is 2. The van der Waals surface area contributed by atoms with Gasteiger partial charge in [0.05, 0.1) is 12.2 Å². The molecule has 0 spiro atoms. The third kappa shape index (κ3) is 3.25. The molecule has 1 aliphatic carbocycles. The van der Waals surface area contributed by atoms with Gasteiger partial charge in [-0.2, -0.15) is 5.10 Å². The van der Waals surface area contributed by atoms with Crippen LogP contribution in [-0.2, 0) is 23.2 Å². The summed E-state index contributed by atoms with van der Waals surface area (Å²) in [6, 6.07) is 6.12. The van der Waals surface area contributed by atoms with Gasteiger partial charge in [0.25, 0.3) is 0 Å². The molecule has 3 heterocycles. The molecule has 0 bridgehead atoms. The second-order valence-electron chi connectivity index (χ2n) is 7.25. The van der Waals surface area contributed by atoms with Crippen molar-refractivity contribution in [3.05, 3.63) is 24.4 Å². The van der Waals surface area contributed by atoms with Crippen LogP contribution >= 0.6 is 0 Å². The molecule has 1 N–H and O–H groups in total. The first-order chi connectivity index (χ1) is 12.6. The minimum Gasteiger partial charge on any atom is -0.352 e. The van der Waals surface area contributed by atoms with Crippen molar-refractivity contribution < 1.29 is 9.59 Å². The first-order valence-corrected chi connectivity index (χ1v) is 9.41. The van der Waals surface area contributed by atoms with Gasteiger partial charge in [-0.05, 0) is 25.0 Å². The van der Waals surface area contributed by atoms with E-state index in [2.05, 4.69) is 10.4 Å². The van der Waals surface area contributed by atoms with Crippen LogP contribution in [0.2, 0.25) is 0 Å². The molecular formula is C19H25N5O2. The van der Waals surface area contributed by atoms with E-state index in [1.807, 2.05) is 40.7 Å². The predicted molar refractivity (Wildman–Crippen MR) is 98.6 cm³/mol. The molecule has 2 aliphatic rings. The fourth-order valence-electron chi connectivity index (χ4n) is 3.94. The topological polar surface area (TPSA) is 72.2 Å². The van der Waals surface area contributed by atoms with E-state index in [4.69, 9.17) is 0 Å².